The number of nitrogens with two attached hydrogens (primary N) is 1. The molecule has 100 valence electrons. The Morgan fingerprint density at radius 3 is 2.37 bits per heavy atom. The highest BCUT2D eigenvalue weighted by Gasteiger charge is 2.09. The van der Waals surface area contributed by atoms with E-state index in [2.05, 4.69) is 32.0 Å². The van der Waals surface area contributed by atoms with Crippen molar-refractivity contribution >= 4 is 5.69 Å². The number of rotatable bonds is 3. The molecule has 2 nitrogen and oxygen atoms in total. The van der Waals surface area contributed by atoms with E-state index in [9.17, 15) is 0 Å². The Morgan fingerprint density at radius 1 is 1.00 bits per heavy atom. The summed E-state index contributed by atoms with van der Waals surface area (Å²) < 4.78 is 6.04. The number of para-hydroxylation sites is 1. The summed E-state index contributed by atoms with van der Waals surface area (Å²) in [7, 11) is 0. The summed E-state index contributed by atoms with van der Waals surface area (Å²) in [4.78, 5) is 0. The Balaban J connectivity index is 2.40. The Kier molecular flexibility index (Phi) is 3.79. The molecule has 0 spiro atoms. The van der Waals surface area contributed by atoms with Crippen LogP contribution in [0.15, 0.2) is 36.4 Å². The van der Waals surface area contributed by atoms with Gasteiger partial charge in [0.2, 0.25) is 0 Å². The van der Waals surface area contributed by atoms with Crippen LogP contribution in [0.3, 0.4) is 0 Å². The fourth-order valence-corrected chi connectivity index (χ4v) is 2.01. The number of hydrogen-bond acceptors (Lipinski definition) is 2. The van der Waals surface area contributed by atoms with Crippen molar-refractivity contribution in [3.8, 4) is 11.5 Å². The van der Waals surface area contributed by atoms with Crippen LogP contribution >= 0.6 is 0 Å². The second-order valence-corrected chi connectivity index (χ2v) is 5.27. The smallest absolute Gasteiger partial charge is 0.153 e. The van der Waals surface area contributed by atoms with Gasteiger partial charge in [0.25, 0.3) is 0 Å². The van der Waals surface area contributed by atoms with Crippen LogP contribution in [0.5, 0.6) is 11.5 Å². The van der Waals surface area contributed by atoms with Crippen molar-refractivity contribution in [3.05, 3.63) is 53.1 Å². The Bertz CT molecular complexity index is 568. The first-order valence-corrected chi connectivity index (χ1v) is 6.62. The van der Waals surface area contributed by atoms with Gasteiger partial charge in [-0.15, -0.1) is 0 Å². The van der Waals surface area contributed by atoms with E-state index in [1.54, 1.807) is 0 Å². The van der Waals surface area contributed by atoms with E-state index < -0.39 is 0 Å². The second-order valence-electron chi connectivity index (χ2n) is 5.27. The van der Waals surface area contributed by atoms with Gasteiger partial charge in [-0.1, -0.05) is 38.1 Å². The van der Waals surface area contributed by atoms with Crippen LogP contribution in [0.2, 0.25) is 0 Å². The Labute approximate surface area is 115 Å². The Hall–Kier alpha value is -1.96. The molecule has 0 aromatic heterocycles. The molecule has 0 saturated carbocycles. The summed E-state index contributed by atoms with van der Waals surface area (Å²) in [6.07, 6.45) is 0. The second kappa shape index (κ2) is 5.35. The van der Waals surface area contributed by atoms with E-state index in [4.69, 9.17) is 10.5 Å². The van der Waals surface area contributed by atoms with Crippen LogP contribution in [0.1, 0.15) is 36.5 Å². The van der Waals surface area contributed by atoms with Crippen molar-refractivity contribution in [2.24, 2.45) is 0 Å². The maximum atomic E-state index is 6.04. The van der Waals surface area contributed by atoms with Crippen molar-refractivity contribution in [1.29, 1.82) is 0 Å². The fourth-order valence-electron chi connectivity index (χ4n) is 2.01. The van der Waals surface area contributed by atoms with Crippen molar-refractivity contribution in [1.82, 2.24) is 0 Å². The first-order valence-electron chi connectivity index (χ1n) is 6.62. The first-order chi connectivity index (χ1) is 8.99. The van der Waals surface area contributed by atoms with Gasteiger partial charge in [-0.3, -0.25) is 0 Å². The minimum Gasteiger partial charge on any atom is -0.455 e. The number of nitrogen functional groups attached to an aromatic ring is 1. The first kappa shape index (κ1) is 13.5. The minimum absolute atomic E-state index is 0.483. The number of ether oxygens (including phenoxy) is 1. The molecule has 0 bridgehead atoms. The van der Waals surface area contributed by atoms with Gasteiger partial charge in [-0.25, -0.2) is 0 Å². The topological polar surface area (TPSA) is 35.2 Å². The zero-order valence-corrected chi connectivity index (χ0v) is 12.0. The molecule has 0 fully saturated rings. The molecule has 0 aliphatic rings. The summed E-state index contributed by atoms with van der Waals surface area (Å²) >= 11 is 0. The predicted octanol–water partition coefficient (Wildman–Crippen LogP) is 4.80. The van der Waals surface area contributed by atoms with E-state index >= 15 is 0 Å². The molecule has 0 amide bonds. The monoisotopic (exact) mass is 255 g/mol. The third-order valence-corrected chi connectivity index (χ3v) is 3.33. The zero-order chi connectivity index (χ0) is 14.0. The van der Waals surface area contributed by atoms with Gasteiger partial charge in [-0.05, 0) is 48.6 Å². The molecule has 2 heteroatoms. The van der Waals surface area contributed by atoms with Crippen LogP contribution in [-0.2, 0) is 0 Å². The maximum Gasteiger partial charge on any atom is 0.153 e. The highest BCUT2D eigenvalue weighted by molar-refractivity contribution is 5.58. The lowest BCUT2D eigenvalue weighted by Crippen LogP contribution is -1.97. The zero-order valence-electron chi connectivity index (χ0n) is 12.0. The lowest BCUT2D eigenvalue weighted by molar-refractivity contribution is 0.476. The molecule has 0 radical (unpaired) electrons. The minimum atomic E-state index is 0.483. The standard InChI is InChI=1S/C17H21NO/c1-11(2)14-9-8-12(3)16(10-14)19-17-13(4)6-5-7-15(17)18/h5-11H,18H2,1-4H3. The molecular formula is C17H21NO. The quantitative estimate of drug-likeness (QED) is 0.799. The number of anilines is 1. The molecule has 2 rings (SSSR count). The third-order valence-electron chi connectivity index (χ3n) is 3.33. The summed E-state index contributed by atoms with van der Waals surface area (Å²) in [5.41, 5.74) is 10.1. The summed E-state index contributed by atoms with van der Waals surface area (Å²) in [5.74, 6) is 2.12. The van der Waals surface area contributed by atoms with Crippen LogP contribution in [-0.4, -0.2) is 0 Å². The molecule has 0 saturated heterocycles. The number of hydrogen-bond donors (Lipinski definition) is 1. The van der Waals surface area contributed by atoms with Crippen LogP contribution in [0.4, 0.5) is 5.69 Å². The molecule has 19 heavy (non-hydrogen) atoms. The average Bonchev–Trinajstić information content (AvgIpc) is 2.35. The highest BCUT2D eigenvalue weighted by Crippen LogP contribution is 2.33. The van der Waals surface area contributed by atoms with E-state index in [1.807, 2.05) is 32.0 Å². The van der Waals surface area contributed by atoms with Gasteiger partial charge in [0.15, 0.2) is 5.75 Å². The van der Waals surface area contributed by atoms with Gasteiger partial charge in [-0.2, -0.15) is 0 Å². The summed E-state index contributed by atoms with van der Waals surface area (Å²) in [5, 5.41) is 0. The molecule has 0 heterocycles. The molecule has 0 aliphatic carbocycles. The van der Waals surface area contributed by atoms with Gasteiger partial charge in [0, 0.05) is 0 Å². The van der Waals surface area contributed by atoms with Crippen LogP contribution in [0.25, 0.3) is 0 Å². The molecule has 2 N–H and O–H groups in total. The SMILES string of the molecule is Cc1ccc(C(C)C)cc1Oc1c(C)cccc1N. The lowest BCUT2D eigenvalue weighted by atomic mass is 10.0. The van der Waals surface area contributed by atoms with Gasteiger partial charge < -0.3 is 10.5 Å². The highest BCUT2D eigenvalue weighted by atomic mass is 16.5. The Morgan fingerprint density at radius 2 is 1.74 bits per heavy atom. The van der Waals surface area contributed by atoms with Gasteiger partial charge in [0.05, 0.1) is 5.69 Å². The van der Waals surface area contributed by atoms with Crippen molar-refractivity contribution in [2.75, 3.05) is 5.73 Å². The lowest BCUT2D eigenvalue weighted by Gasteiger charge is -2.15. The molecule has 0 atom stereocenters. The molecular weight excluding hydrogens is 234 g/mol. The number of aryl methyl sites for hydroxylation is 2. The molecule has 0 aliphatic heterocycles. The van der Waals surface area contributed by atoms with Crippen molar-refractivity contribution in [2.45, 2.75) is 33.6 Å². The predicted molar refractivity (Wildman–Crippen MR) is 80.9 cm³/mol. The maximum absolute atomic E-state index is 6.04. The van der Waals surface area contributed by atoms with E-state index in [-0.39, 0.29) is 0 Å². The van der Waals surface area contributed by atoms with Crippen molar-refractivity contribution < 1.29 is 4.74 Å². The van der Waals surface area contributed by atoms with E-state index in [1.165, 1.54) is 5.56 Å². The summed E-state index contributed by atoms with van der Waals surface area (Å²) in [6, 6.07) is 12.2. The fraction of sp³-hybridized carbons (Fsp3) is 0.294. The normalized spacial score (nSPS) is 10.8. The van der Waals surface area contributed by atoms with Gasteiger partial charge in [0.1, 0.15) is 5.75 Å². The van der Waals surface area contributed by atoms with E-state index in [0.29, 0.717) is 11.6 Å². The third kappa shape index (κ3) is 2.90. The largest absolute Gasteiger partial charge is 0.455 e. The van der Waals surface area contributed by atoms with Crippen LogP contribution < -0.4 is 10.5 Å². The molecule has 2 aromatic carbocycles. The van der Waals surface area contributed by atoms with Gasteiger partial charge >= 0.3 is 0 Å². The van der Waals surface area contributed by atoms with Crippen LogP contribution in [0, 0.1) is 13.8 Å². The molecule has 0 unspecified atom stereocenters. The molecule has 2 aromatic rings. The number of benzene rings is 2. The van der Waals surface area contributed by atoms with E-state index in [0.717, 1.165) is 22.6 Å². The summed E-state index contributed by atoms with van der Waals surface area (Å²) in [6.45, 7) is 8.41. The average molecular weight is 255 g/mol. The van der Waals surface area contributed by atoms with Crippen molar-refractivity contribution in [3.63, 3.8) is 0 Å².